The van der Waals surface area contributed by atoms with Crippen molar-refractivity contribution in [3.05, 3.63) is 122 Å². The molecule has 0 radical (unpaired) electrons. The minimum Gasteiger partial charge on any atom is -0.232 e. The van der Waals surface area contributed by atoms with E-state index in [4.69, 9.17) is 0 Å². The molecule has 242 valence electrons. The summed E-state index contributed by atoms with van der Waals surface area (Å²) in [5.74, 6) is 1.84. The van der Waals surface area contributed by atoms with Gasteiger partial charge in [0.25, 0.3) is 12.7 Å². The van der Waals surface area contributed by atoms with Gasteiger partial charge in [-0.25, -0.2) is 19.1 Å². The summed E-state index contributed by atoms with van der Waals surface area (Å²) in [6.07, 6.45) is 15.9. The summed E-state index contributed by atoms with van der Waals surface area (Å²) >= 11 is 0. The summed E-state index contributed by atoms with van der Waals surface area (Å²) < 4.78 is 127. The first-order chi connectivity index (χ1) is 19.7. The quantitative estimate of drug-likeness (QED) is 0.102. The molecule has 0 amide bonds. The van der Waals surface area contributed by atoms with Crippen molar-refractivity contribution < 1.29 is 59.5 Å². The summed E-state index contributed by atoms with van der Waals surface area (Å²) in [7, 11) is -21.3. The van der Waals surface area contributed by atoms with Gasteiger partial charge < -0.3 is 0 Å². The van der Waals surface area contributed by atoms with Crippen LogP contribution in [0.3, 0.4) is 0 Å². The molecule has 0 aliphatic heterocycles. The maximum atomic E-state index is 9.87. The third-order valence-electron chi connectivity index (χ3n) is 4.96. The SMILES string of the molecule is F[P-](F)(F)(F)(F)F.F[P-](F)(F)(F)(F)F.c1ccc(-n2cc[n+](Cc3ccc(C[n+]4ccn(-c5ccccn5)c4)cc3)c2)nc1. The van der Waals surface area contributed by atoms with E-state index in [1.807, 2.05) is 57.9 Å². The predicted molar refractivity (Wildman–Crippen MR) is 139 cm³/mol. The summed E-state index contributed by atoms with van der Waals surface area (Å²) in [5.41, 5.74) is 2.53. The van der Waals surface area contributed by atoms with Gasteiger partial charge in [0.05, 0.1) is 0 Å². The van der Waals surface area contributed by atoms with Crippen molar-refractivity contribution in [1.82, 2.24) is 19.1 Å². The maximum Gasteiger partial charge on any atom is 0.250 e. The van der Waals surface area contributed by atoms with Gasteiger partial charge in [-0.3, -0.25) is 0 Å². The van der Waals surface area contributed by atoms with Gasteiger partial charge in [0.1, 0.15) is 37.9 Å². The van der Waals surface area contributed by atoms with Crippen molar-refractivity contribution in [2.75, 3.05) is 0 Å². The Bertz CT molecular complexity index is 1520. The molecule has 5 aromatic rings. The largest absolute Gasteiger partial charge is 0.250 e. The van der Waals surface area contributed by atoms with Crippen LogP contribution in [0.25, 0.3) is 11.6 Å². The second kappa shape index (κ2) is 10.8. The average Bonchev–Trinajstić information content (AvgIpc) is 3.53. The summed E-state index contributed by atoms with van der Waals surface area (Å²) in [4.78, 5) is 8.77. The number of pyridine rings is 2. The number of benzene rings is 1. The zero-order chi connectivity index (χ0) is 33.0. The van der Waals surface area contributed by atoms with E-state index in [1.54, 1.807) is 12.4 Å². The van der Waals surface area contributed by atoms with E-state index in [2.05, 4.69) is 68.4 Å². The van der Waals surface area contributed by atoms with Gasteiger partial charge in [-0.2, -0.15) is 9.13 Å². The molecule has 0 saturated carbocycles. The first-order valence-electron chi connectivity index (χ1n) is 11.9. The molecule has 0 atom stereocenters. The van der Waals surface area contributed by atoms with Crippen LogP contribution in [0.15, 0.2) is 110 Å². The Morgan fingerprint density at radius 1 is 0.500 bits per heavy atom. The smallest absolute Gasteiger partial charge is 0.232 e. The second-order valence-corrected chi connectivity index (χ2v) is 12.9. The van der Waals surface area contributed by atoms with E-state index in [0.717, 1.165) is 24.7 Å². The van der Waals surface area contributed by atoms with Crippen molar-refractivity contribution in [2.24, 2.45) is 0 Å². The molecule has 4 aromatic heterocycles. The first kappa shape index (κ1) is 34.5. The Hall–Kier alpha value is -4.04. The van der Waals surface area contributed by atoms with Crippen molar-refractivity contribution in [2.45, 2.75) is 13.1 Å². The number of nitrogens with zero attached hydrogens (tertiary/aromatic N) is 6. The Kier molecular flexibility index (Phi) is 8.49. The van der Waals surface area contributed by atoms with E-state index in [1.165, 1.54) is 11.1 Å². The van der Waals surface area contributed by atoms with E-state index in [0.29, 0.717) is 0 Å². The van der Waals surface area contributed by atoms with E-state index in [9.17, 15) is 50.4 Å². The van der Waals surface area contributed by atoms with E-state index >= 15 is 0 Å². The van der Waals surface area contributed by atoms with Crippen LogP contribution in [0, 0.1) is 0 Å². The van der Waals surface area contributed by atoms with Gasteiger partial charge in [0, 0.05) is 24.5 Å². The van der Waals surface area contributed by atoms with Crippen LogP contribution in [-0.2, 0) is 13.1 Å². The van der Waals surface area contributed by atoms with Gasteiger partial charge in [-0.1, -0.05) is 36.4 Å². The molecule has 0 spiro atoms. The van der Waals surface area contributed by atoms with Gasteiger partial charge in [-0.15, -0.1) is 0 Å². The Morgan fingerprint density at radius 2 is 0.818 bits per heavy atom. The van der Waals surface area contributed by atoms with Crippen LogP contribution in [0.1, 0.15) is 11.1 Å². The fourth-order valence-electron chi connectivity index (χ4n) is 3.43. The number of hydrogen-bond donors (Lipinski definition) is 0. The Balaban J connectivity index is 0.000000317. The molecular weight excluding hydrogens is 662 g/mol. The molecule has 20 heteroatoms. The molecule has 0 unspecified atom stereocenters. The van der Waals surface area contributed by atoms with Gasteiger partial charge >= 0.3 is 66.0 Å². The molecule has 0 fully saturated rings. The molecular formula is C24H22F12N6P2. The van der Waals surface area contributed by atoms with Crippen molar-refractivity contribution in [3.63, 3.8) is 0 Å². The van der Waals surface area contributed by atoms with Crippen LogP contribution < -0.4 is 9.13 Å². The number of aromatic nitrogens is 6. The minimum atomic E-state index is -10.7. The number of imidazole rings is 2. The van der Waals surface area contributed by atoms with Crippen LogP contribution in [-0.4, -0.2) is 19.1 Å². The van der Waals surface area contributed by atoms with Gasteiger partial charge in [0.2, 0.25) is 11.6 Å². The van der Waals surface area contributed by atoms with E-state index < -0.39 is 15.6 Å². The summed E-state index contributed by atoms with van der Waals surface area (Å²) in [6.45, 7) is 1.65. The van der Waals surface area contributed by atoms with Crippen molar-refractivity contribution >= 4 is 15.6 Å². The Labute approximate surface area is 241 Å². The third-order valence-corrected chi connectivity index (χ3v) is 4.96. The molecule has 6 nitrogen and oxygen atoms in total. The molecule has 0 aliphatic carbocycles. The van der Waals surface area contributed by atoms with Gasteiger partial charge in [-0.05, 0) is 23.3 Å². The molecule has 0 saturated heterocycles. The van der Waals surface area contributed by atoms with Gasteiger partial charge in [0.15, 0.2) is 0 Å². The maximum absolute atomic E-state index is 10.7. The Morgan fingerprint density at radius 3 is 1.09 bits per heavy atom. The minimum absolute atomic E-state index is 0.823. The van der Waals surface area contributed by atoms with Crippen LogP contribution >= 0.6 is 15.6 Å². The molecule has 5 rings (SSSR count). The van der Waals surface area contributed by atoms with Crippen LogP contribution in [0.5, 0.6) is 0 Å². The normalized spacial score (nSPS) is 14.8. The number of hydrogen-bond acceptors (Lipinski definition) is 2. The zero-order valence-corrected chi connectivity index (χ0v) is 23.7. The number of halogens is 12. The van der Waals surface area contributed by atoms with Crippen molar-refractivity contribution in [1.29, 1.82) is 0 Å². The summed E-state index contributed by atoms with van der Waals surface area (Å²) in [5, 5.41) is 0. The number of rotatable bonds is 6. The molecule has 0 bridgehead atoms. The standard InChI is InChI=1S/C24H22N6.2F6P/c1-3-11-25-23(5-1)29-15-13-27(19-29)17-21-7-9-22(10-8-21)18-28-14-16-30(20-28)24-6-2-4-12-26-24;2*1-7(2,3,4,5)6/h1-16,19-20H,17-18H2;;/q+2;2*-1. The second-order valence-electron chi connectivity index (χ2n) is 9.10. The fourth-order valence-corrected chi connectivity index (χ4v) is 3.43. The van der Waals surface area contributed by atoms with E-state index in [-0.39, 0.29) is 0 Å². The average molecular weight is 684 g/mol. The predicted octanol–water partition coefficient (Wildman–Crippen LogP) is 9.49. The van der Waals surface area contributed by atoms with Crippen molar-refractivity contribution in [3.8, 4) is 11.6 Å². The molecule has 4 heterocycles. The molecule has 44 heavy (non-hydrogen) atoms. The monoisotopic (exact) mass is 684 g/mol. The zero-order valence-electron chi connectivity index (χ0n) is 21.9. The molecule has 0 aliphatic rings. The first-order valence-corrected chi connectivity index (χ1v) is 16.0. The third kappa shape index (κ3) is 16.6. The molecule has 0 N–H and O–H groups in total. The molecule has 1 aromatic carbocycles. The summed E-state index contributed by atoms with van der Waals surface area (Å²) in [6, 6.07) is 20.6. The fraction of sp³-hybridized carbons (Fsp3) is 0.0833. The van der Waals surface area contributed by atoms with Crippen LogP contribution in [0.4, 0.5) is 50.4 Å². The van der Waals surface area contributed by atoms with Crippen LogP contribution in [0.2, 0.25) is 0 Å². The topological polar surface area (TPSA) is 43.4 Å².